The molecule has 2 unspecified atom stereocenters. The highest BCUT2D eigenvalue weighted by Gasteiger charge is 2.39. The zero-order chi connectivity index (χ0) is 14.2. The third-order valence-electron chi connectivity index (χ3n) is 4.76. The van der Waals surface area contributed by atoms with Gasteiger partial charge in [-0.2, -0.15) is 0 Å². The Kier molecular flexibility index (Phi) is 3.85. The molecular weight excluding hydrogens is 244 g/mol. The molecule has 1 saturated heterocycles. The zero-order valence-corrected chi connectivity index (χ0v) is 12.1. The molecule has 19 heavy (non-hydrogen) atoms. The lowest BCUT2D eigenvalue weighted by Crippen LogP contribution is -2.59. The second-order valence-electron chi connectivity index (χ2n) is 6.54. The molecule has 1 heterocycles. The lowest BCUT2D eigenvalue weighted by atomic mass is 9.97. The molecule has 1 saturated carbocycles. The summed E-state index contributed by atoms with van der Waals surface area (Å²) in [5, 5.41) is 9.01. The Balaban J connectivity index is 1.96. The van der Waals surface area contributed by atoms with E-state index in [1.165, 1.54) is 0 Å². The first-order valence-electron chi connectivity index (χ1n) is 7.04. The standard InChI is InChI=1S/C14H24N2O3/c1-14(2)9-16(7-6-15(14)3)12(17)10-4-5-11(8-10)13(18)19/h10-11H,4-9H2,1-3H3,(H,18,19). The van der Waals surface area contributed by atoms with Crippen LogP contribution in [-0.2, 0) is 9.59 Å². The van der Waals surface area contributed by atoms with Crippen molar-refractivity contribution in [2.24, 2.45) is 11.8 Å². The molecule has 1 aliphatic heterocycles. The molecule has 5 heteroatoms. The predicted molar refractivity (Wildman–Crippen MR) is 71.8 cm³/mol. The maximum atomic E-state index is 12.5. The van der Waals surface area contributed by atoms with Crippen LogP contribution in [0.3, 0.4) is 0 Å². The Hall–Kier alpha value is -1.10. The van der Waals surface area contributed by atoms with Crippen LogP contribution < -0.4 is 0 Å². The van der Waals surface area contributed by atoms with Crippen LogP contribution in [-0.4, -0.2) is 59.0 Å². The predicted octanol–water partition coefficient (Wildman–Crippen LogP) is 1.04. The van der Waals surface area contributed by atoms with Gasteiger partial charge in [-0.25, -0.2) is 0 Å². The topological polar surface area (TPSA) is 60.9 Å². The number of piperazine rings is 1. The normalized spacial score (nSPS) is 31.4. The molecule has 0 aromatic rings. The fourth-order valence-electron chi connectivity index (χ4n) is 3.12. The van der Waals surface area contributed by atoms with E-state index in [1.54, 1.807) is 0 Å². The second kappa shape index (κ2) is 5.12. The Morgan fingerprint density at radius 1 is 1.16 bits per heavy atom. The smallest absolute Gasteiger partial charge is 0.306 e. The number of rotatable bonds is 2. The summed E-state index contributed by atoms with van der Waals surface area (Å²) in [6.07, 6.45) is 1.88. The van der Waals surface area contributed by atoms with Gasteiger partial charge >= 0.3 is 5.97 Å². The minimum absolute atomic E-state index is 0.00128. The van der Waals surface area contributed by atoms with E-state index in [1.807, 2.05) is 4.90 Å². The number of hydrogen-bond donors (Lipinski definition) is 1. The van der Waals surface area contributed by atoms with Crippen molar-refractivity contribution in [3.63, 3.8) is 0 Å². The molecular formula is C14H24N2O3. The van der Waals surface area contributed by atoms with Crippen LogP contribution in [0.5, 0.6) is 0 Å². The van der Waals surface area contributed by atoms with Gasteiger partial charge in [0.05, 0.1) is 5.92 Å². The number of nitrogens with zero attached hydrogens (tertiary/aromatic N) is 2. The highest BCUT2D eigenvalue weighted by molar-refractivity contribution is 5.81. The van der Waals surface area contributed by atoms with Crippen LogP contribution in [0.4, 0.5) is 0 Å². The quantitative estimate of drug-likeness (QED) is 0.813. The molecule has 2 rings (SSSR count). The van der Waals surface area contributed by atoms with Crippen molar-refractivity contribution in [1.29, 1.82) is 0 Å². The molecule has 2 fully saturated rings. The van der Waals surface area contributed by atoms with Gasteiger partial charge in [-0.05, 0) is 40.2 Å². The summed E-state index contributed by atoms with van der Waals surface area (Å²) in [6, 6.07) is 0. The number of carboxylic acid groups (broad SMARTS) is 1. The van der Waals surface area contributed by atoms with Crippen molar-refractivity contribution in [3.05, 3.63) is 0 Å². The number of hydrogen-bond acceptors (Lipinski definition) is 3. The molecule has 1 aliphatic carbocycles. The van der Waals surface area contributed by atoms with E-state index in [9.17, 15) is 9.59 Å². The molecule has 1 amide bonds. The zero-order valence-electron chi connectivity index (χ0n) is 12.1. The number of likely N-dealkylation sites (N-methyl/N-ethyl adjacent to an activating group) is 1. The lowest BCUT2D eigenvalue weighted by molar-refractivity contribution is -0.142. The molecule has 108 valence electrons. The van der Waals surface area contributed by atoms with Gasteiger partial charge in [0.15, 0.2) is 0 Å². The highest BCUT2D eigenvalue weighted by Crippen LogP contribution is 2.33. The third-order valence-corrected chi connectivity index (χ3v) is 4.76. The van der Waals surface area contributed by atoms with E-state index in [-0.39, 0.29) is 23.3 Å². The monoisotopic (exact) mass is 268 g/mol. The minimum Gasteiger partial charge on any atom is -0.481 e. The van der Waals surface area contributed by atoms with Gasteiger partial charge in [0, 0.05) is 31.1 Å². The van der Waals surface area contributed by atoms with Crippen molar-refractivity contribution in [2.75, 3.05) is 26.7 Å². The van der Waals surface area contributed by atoms with Crippen LogP contribution >= 0.6 is 0 Å². The lowest BCUT2D eigenvalue weighted by Gasteiger charge is -2.46. The van der Waals surface area contributed by atoms with Gasteiger partial charge in [-0.1, -0.05) is 0 Å². The van der Waals surface area contributed by atoms with Gasteiger partial charge in [-0.3, -0.25) is 14.5 Å². The number of carboxylic acids is 1. The van der Waals surface area contributed by atoms with Crippen LogP contribution in [0.1, 0.15) is 33.1 Å². The molecule has 0 aromatic carbocycles. The minimum atomic E-state index is -0.756. The molecule has 2 aliphatic rings. The largest absolute Gasteiger partial charge is 0.481 e. The summed E-state index contributed by atoms with van der Waals surface area (Å²) in [5.41, 5.74) is -0.00128. The SMILES string of the molecule is CN1CCN(C(=O)C2CCC(C(=O)O)C2)CC1(C)C. The molecule has 0 radical (unpaired) electrons. The molecule has 1 N–H and O–H groups in total. The number of carbonyl (C=O) groups excluding carboxylic acids is 1. The maximum absolute atomic E-state index is 12.5. The van der Waals surface area contributed by atoms with E-state index < -0.39 is 5.97 Å². The second-order valence-corrected chi connectivity index (χ2v) is 6.54. The summed E-state index contributed by atoms with van der Waals surface area (Å²) in [4.78, 5) is 27.6. The van der Waals surface area contributed by atoms with E-state index in [4.69, 9.17) is 5.11 Å². The van der Waals surface area contributed by atoms with Crippen molar-refractivity contribution in [2.45, 2.75) is 38.6 Å². The molecule has 0 spiro atoms. The molecule has 2 atom stereocenters. The summed E-state index contributed by atoms with van der Waals surface area (Å²) >= 11 is 0. The van der Waals surface area contributed by atoms with E-state index in [0.717, 1.165) is 26.1 Å². The molecule has 0 aromatic heterocycles. The van der Waals surface area contributed by atoms with Crippen molar-refractivity contribution < 1.29 is 14.7 Å². The highest BCUT2D eigenvalue weighted by atomic mass is 16.4. The van der Waals surface area contributed by atoms with Crippen LogP contribution in [0.2, 0.25) is 0 Å². The van der Waals surface area contributed by atoms with Crippen molar-refractivity contribution in [3.8, 4) is 0 Å². The summed E-state index contributed by atoms with van der Waals surface area (Å²) in [5.74, 6) is -1.01. The average Bonchev–Trinajstić information content (AvgIpc) is 2.81. The van der Waals surface area contributed by atoms with E-state index >= 15 is 0 Å². The van der Waals surface area contributed by atoms with Crippen LogP contribution in [0.15, 0.2) is 0 Å². The van der Waals surface area contributed by atoms with E-state index in [2.05, 4.69) is 25.8 Å². The van der Waals surface area contributed by atoms with E-state index in [0.29, 0.717) is 12.8 Å². The van der Waals surface area contributed by atoms with Crippen molar-refractivity contribution in [1.82, 2.24) is 9.80 Å². The van der Waals surface area contributed by atoms with Gasteiger partial charge in [0.25, 0.3) is 0 Å². The van der Waals surface area contributed by atoms with Crippen LogP contribution in [0.25, 0.3) is 0 Å². The maximum Gasteiger partial charge on any atom is 0.306 e. The van der Waals surface area contributed by atoms with Crippen molar-refractivity contribution >= 4 is 11.9 Å². The molecule has 0 bridgehead atoms. The average molecular weight is 268 g/mol. The Labute approximate surface area is 114 Å². The number of amides is 1. The Bertz CT molecular complexity index is 381. The van der Waals surface area contributed by atoms with Crippen LogP contribution in [0, 0.1) is 11.8 Å². The van der Waals surface area contributed by atoms with Gasteiger partial charge in [0.2, 0.25) is 5.91 Å². The first kappa shape index (κ1) is 14.3. The van der Waals surface area contributed by atoms with Gasteiger partial charge < -0.3 is 10.0 Å². The summed E-state index contributed by atoms with van der Waals surface area (Å²) in [6.45, 7) is 6.65. The summed E-state index contributed by atoms with van der Waals surface area (Å²) in [7, 11) is 2.08. The first-order chi connectivity index (χ1) is 8.81. The number of aliphatic carboxylic acids is 1. The Morgan fingerprint density at radius 2 is 1.79 bits per heavy atom. The third kappa shape index (κ3) is 2.91. The Morgan fingerprint density at radius 3 is 2.32 bits per heavy atom. The fraction of sp³-hybridized carbons (Fsp3) is 0.857. The first-order valence-corrected chi connectivity index (χ1v) is 7.04. The molecule has 5 nitrogen and oxygen atoms in total. The fourth-order valence-corrected chi connectivity index (χ4v) is 3.12. The van der Waals surface area contributed by atoms with Gasteiger partial charge in [0.1, 0.15) is 0 Å². The summed E-state index contributed by atoms with van der Waals surface area (Å²) < 4.78 is 0. The number of carbonyl (C=O) groups is 2. The van der Waals surface area contributed by atoms with Gasteiger partial charge in [-0.15, -0.1) is 0 Å².